The molecule has 2 aromatic carbocycles. The molecule has 0 aromatic heterocycles. The Morgan fingerprint density at radius 3 is 1.54 bits per heavy atom. The summed E-state index contributed by atoms with van der Waals surface area (Å²) in [4.78, 5) is 0. The van der Waals surface area contributed by atoms with Gasteiger partial charge < -0.3 is 31.1 Å². The zero-order valence-corrected chi connectivity index (χ0v) is 14.7. The van der Waals surface area contributed by atoms with Crippen LogP contribution in [0.1, 0.15) is 36.8 Å². The van der Waals surface area contributed by atoms with E-state index in [4.69, 9.17) is 0 Å². The lowest BCUT2D eigenvalue weighted by molar-refractivity contribution is 0.278. The van der Waals surface area contributed by atoms with E-state index in [0.717, 1.165) is 25.7 Å². The fraction of sp³-hybridized carbons (Fsp3) is 0.400. The molecule has 0 unspecified atom stereocenters. The van der Waals surface area contributed by atoms with Crippen LogP contribution in [0.2, 0.25) is 0 Å². The van der Waals surface area contributed by atoms with E-state index in [0.29, 0.717) is 24.2 Å². The zero-order valence-electron chi connectivity index (χ0n) is 14.7. The van der Waals surface area contributed by atoms with E-state index in [-0.39, 0.29) is 35.1 Å². The van der Waals surface area contributed by atoms with Crippen LogP contribution in [-0.4, -0.2) is 32.5 Å². The molecule has 26 heavy (non-hydrogen) atoms. The highest BCUT2D eigenvalue weighted by molar-refractivity contribution is 5.45. The Bertz CT molecular complexity index is 687. The number of phenols is 4. The fourth-order valence-corrected chi connectivity index (χ4v) is 3.54. The Hall–Kier alpha value is -2.44. The first-order valence-electron chi connectivity index (χ1n) is 9.02. The molecule has 2 aromatic rings. The van der Waals surface area contributed by atoms with Gasteiger partial charge in [0.1, 0.15) is 0 Å². The Morgan fingerprint density at radius 1 is 0.692 bits per heavy atom. The molecule has 0 spiro atoms. The summed E-state index contributed by atoms with van der Waals surface area (Å²) < 4.78 is 0. The van der Waals surface area contributed by atoms with E-state index in [2.05, 4.69) is 10.6 Å². The van der Waals surface area contributed by atoms with E-state index in [1.165, 1.54) is 12.1 Å². The first kappa shape index (κ1) is 18.4. The zero-order chi connectivity index (χ0) is 18.5. The van der Waals surface area contributed by atoms with E-state index >= 15 is 0 Å². The SMILES string of the molecule is Oc1cccc(CN[C@@H]2CCCC[C@H]2NCc2cccc(O)c2O)c1O. The van der Waals surface area contributed by atoms with Crippen LogP contribution in [0.5, 0.6) is 23.0 Å². The molecule has 0 bridgehead atoms. The van der Waals surface area contributed by atoms with E-state index in [1.54, 1.807) is 24.3 Å². The lowest BCUT2D eigenvalue weighted by Gasteiger charge is -2.33. The lowest BCUT2D eigenvalue weighted by atomic mass is 9.90. The Kier molecular flexibility index (Phi) is 5.85. The molecule has 1 fully saturated rings. The van der Waals surface area contributed by atoms with Crippen LogP contribution in [0.3, 0.4) is 0 Å². The molecule has 1 saturated carbocycles. The van der Waals surface area contributed by atoms with E-state index in [9.17, 15) is 20.4 Å². The van der Waals surface area contributed by atoms with Crippen molar-refractivity contribution in [1.29, 1.82) is 0 Å². The van der Waals surface area contributed by atoms with Gasteiger partial charge in [0.05, 0.1) is 0 Å². The molecule has 6 nitrogen and oxygen atoms in total. The van der Waals surface area contributed by atoms with Crippen LogP contribution < -0.4 is 10.6 Å². The molecule has 140 valence electrons. The number of aromatic hydroxyl groups is 4. The second-order valence-electron chi connectivity index (χ2n) is 6.83. The number of hydrogen-bond acceptors (Lipinski definition) is 6. The summed E-state index contributed by atoms with van der Waals surface area (Å²) in [6, 6.07) is 10.4. The molecule has 0 amide bonds. The minimum Gasteiger partial charge on any atom is -0.504 e. The topological polar surface area (TPSA) is 105 Å². The van der Waals surface area contributed by atoms with Gasteiger partial charge in [-0.1, -0.05) is 37.1 Å². The molecule has 0 radical (unpaired) electrons. The van der Waals surface area contributed by atoms with Crippen molar-refractivity contribution in [1.82, 2.24) is 10.6 Å². The molecule has 2 atom stereocenters. The van der Waals surface area contributed by atoms with E-state index < -0.39 is 0 Å². The highest BCUT2D eigenvalue weighted by atomic mass is 16.3. The van der Waals surface area contributed by atoms with Crippen molar-refractivity contribution in [2.24, 2.45) is 0 Å². The number of phenolic OH excluding ortho intramolecular Hbond substituents is 4. The molecule has 1 aliphatic carbocycles. The van der Waals surface area contributed by atoms with Crippen molar-refractivity contribution in [2.75, 3.05) is 0 Å². The molecule has 3 rings (SSSR count). The molecule has 0 heterocycles. The second kappa shape index (κ2) is 8.29. The summed E-state index contributed by atoms with van der Waals surface area (Å²) in [6.45, 7) is 0.945. The third-order valence-electron chi connectivity index (χ3n) is 5.07. The molecule has 0 aliphatic heterocycles. The van der Waals surface area contributed by atoms with Crippen molar-refractivity contribution in [3.63, 3.8) is 0 Å². The van der Waals surface area contributed by atoms with Crippen LogP contribution >= 0.6 is 0 Å². The highest BCUT2D eigenvalue weighted by Crippen LogP contribution is 2.30. The van der Waals surface area contributed by atoms with Gasteiger partial charge in [-0.15, -0.1) is 0 Å². The van der Waals surface area contributed by atoms with Crippen molar-refractivity contribution in [3.05, 3.63) is 47.5 Å². The van der Waals surface area contributed by atoms with Gasteiger partial charge in [0, 0.05) is 36.3 Å². The minimum absolute atomic E-state index is 0.0787. The average Bonchev–Trinajstić information content (AvgIpc) is 2.65. The van der Waals surface area contributed by atoms with Crippen LogP contribution in [0, 0.1) is 0 Å². The van der Waals surface area contributed by atoms with Gasteiger partial charge >= 0.3 is 0 Å². The number of rotatable bonds is 6. The third kappa shape index (κ3) is 4.20. The van der Waals surface area contributed by atoms with Gasteiger partial charge in [0.2, 0.25) is 0 Å². The molecule has 6 N–H and O–H groups in total. The summed E-state index contributed by atoms with van der Waals surface area (Å²) in [7, 11) is 0. The highest BCUT2D eigenvalue weighted by Gasteiger charge is 2.25. The fourth-order valence-electron chi connectivity index (χ4n) is 3.54. The Morgan fingerprint density at radius 2 is 1.12 bits per heavy atom. The number of benzene rings is 2. The van der Waals surface area contributed by atoms with Gasteiger partial charge in [-0.2, -0.15) is 0 Å². The maximum Gasteiger partial charge on any atom is 0.161 e. The minimum atomic E-state index is -0.109. The predicted molar refractivity (Wildman–Crippen MR) is 99.3 cm³/mol. The molecule has 1 aliphatic rings. The molecule has 0 saturated heterocycles. The second-order valence-corrected chi connectivity index (χ2v) is 6.83. The Labute approximate surface area is 153 Å². The van der Waals surface area contributed by atoms with Gasteiger partial charge in [-0.3, -0.25) is 0 Å². The summed E-state index contributed by atoms with van der Waals surface area (Å²) in [5.41, 5.74) is 1.33. The maximum atomic E-state index is 9.94. The quantitative estimate of drug-likeness (QED) is 0.444. The van der Waals surface area contributed by atoms with Crippen LogP contribution in [0.25, 0.3) is 0 Å². The van der Waals surface area contributed by atoms with Crippen molar-refractivity contribution in [2.45, 2.75) is 50.9 Å². The normalized spacial score (nSPS) is 20.2. The number of para-hydroxylation sites is 2. The molecular formula is C20H26N2O4. The van der Waals surface area contributed by atoms with Crippen LogP contribution in [-0.2, 0) is 13.1 Å². The maximum absolute atomic E-state index is 9.94. The molecular weight excluding hydrogens is 332 g/mol. The number of hydrogen-bond donors (Lipinski definition) is 6. The monoisotopic (exact) mass is 358 g/mol. The standard InChI is InChI=1S/C20H26N2O4/c23-17-9-3-5-13(19(17)25)11-21-15-7-1-2-8-16(15)22-12-14-6-4-10-18(24)20(14)26/h3-6,9-10,15-16,21-26H,1-2,7-8,11-12H2/t15-,16-/m1/s1. The van der Waals surface area contributed by atoms with Gasteiger partial charge in [-0.25, -0.2) is 0 Å². The molecule has 6 heteroatoms. The summed E-state index contributed by atoms with van der Waals surface area (Å²) in [5, 5.41) is 46.1. The van der Waals surface area contributed by atoms with Crippen molar-refractivity contribution >= 4 is 0 Å². The van der Waals surface area contributed by atoms with E-state index in [1.807, 2.05) is 0 Å². The predicted octanol–water partition coefficient (Wildman–Crippen LogP) is 2.70. The first-order chi connectivity index (χ1) is 12.6. The smallest absolute Gasteiger partial charge is 0.161 e. The first-order valence-corrected chi connectivity index (χ1v) is 9.02. The average molecular weight is 358 g/mol. The Balaban J connectivity index is 1.61. The number of nitrogens with one attached hydrogen (secondary N) is 2. The van der Waals surface area contributed by atoms with Gasteiger partial charge in [0.15, 0.2) is 23.0 Å². The lowest BCUT2D eigenvalue weighted by Crippen LogP contribution is -2.49. The summed E-state index contributed by atoms with van der Waals surface area (Å²) >= 11 is 0. The van der Waals surface area contributed by atoms with Crippen LogP contribution in [0.15, 0.2) is 36.4 Å². The van der Waals surface area contributed by atoms with Gasteiger partial charge in [-0.05, 0) is 25.0 Å². The summed E-state index contributed by atoms with van der Waals surface area (Å²) in [5.74, 6) is -0.376. The third-order valence-corrected chi connectivity index (χ3v) is 5.07. The summed E-state index contributed by atoms with van der Waals surface area (Å²) in [6.07, 6.45) is 4.31. The van der Waals surface area contributed by atoms with Crippen molar-refractivity contribution in [3.8, 4) is 23.0 Å². The largest absolute Gasteiger partial charge is 0.504 e. The van der Waals surface area contributed by atoms with Crippen molar-refractivity contribution < 1.29 is 20.4 Å². The van der Waals surface area contributed by atoms with Gasteiger partial charge in [0.25, 0.3) is 0 Å². The van der Waals surface area contributed by atoms with Crippen LogP contribution in [0.4, 0.5) is 0 Å².